The van der Waals surface area contributed by atoms with Crippen LogP contribution in [0, 0.1) is 12.3 Å². The van der Waals surface area contributed by atoms with Crippen molar-refractivity contribution in [1.82, 2.24) is 0 Å². The Morgan fingerprint density at radius 2 is 1.75 bits per heavy atom. The van der Waals surface area contributed by atoms with Crippen LogP contribution >= 0.6 is 7.60 Å². The van der Waals surface area contributed by atoms with Gasteiger partial charge < -0.3 is 34.6 Å². The molecule has 1 heterocycles. The molecule has 1 aromatic rings. The van der Waals surface area contributed by atoms with Gasteiger partial charge in [0.25, 0.3) is 0 Å². The third kappa shape index (κ3) is 4.79. The molecule has 1 fully saturated rings. The smallest absolute Gasteiger partial charge is 0.325 e. The zero-order valence-corrected chi connectivity index (χ0v) is 13.5. The van der Waals surface area contributed by atoms with Gasteiger partial charge in [0.05, 0.1) is 12.3 Å². The van der Waals surface area contributed by atoms with Gasteiger partial charge in [0.2, 0.25) is 6.29 Å². The van der Waals surface area contributed by atoms with Crippen molar-refractivity contribution in [1.29, 1.82) is 0 Å². The van der Waals surface area contributed by atoms with E-state index in [1.807, 2.05) is 0 Å². The lowest BCUT2D eigenvalue weighted by Gasteiger charge is -2.40. The average molecular weight is 358 g/mol. The lowest BCUT2D eigenvalue weighted by molar-refractivity contribution is -0.272. The molecule has 5 N–H and O–H groups in total. The molecule has 132 valence electrons. The van der Waals surface area contributed by atoms with Crippen molar-refractivity contribution in [2.45, 2.75) is 37.1 Å². The molecular weight excluding hydrogens is 339 g/mol. The Bertz CT molecular complexity index is 634. The highest BCUT2D eigenvalue weighted by Crippen LogP contribution is 2.37. The lowest BCUT2D eigenvalue weighted by atomic mass is 9.97. The molecule has 1 aromatic carbocycles. The van der Waals surface area contributed by atoms with E-state index in [0.29, 0.717) is 11.3 Å². The number of rotatable bonds is 5. The predicted molar refractivity (Wildman–Crippen MR) is 83.2 cm³/mol. The number of benzene rings is 1. The zero-order valence-electron chi connectivity index (χ0n) is 12.6. The molecule has 24 heavy (non-hydrogen) atoms. The first kappa shape index (κ1) is 18.9. The summed E-state index contributed by atoms with van der Waals surface area (Å²) in [5, 5.41) is 29.8. The number of ether oxygens (including phenoxy) is 2. The van der Waals surface area contributed by atoms with E-state index >= 15 is 0 Å². The molecule has 1 saturated heterocycles. The van der Waals surface area contributed by atoms with Crippen molar-refractivity contribution >= 4 is 7.60 Å². The van der Waals surface area contributed by atoms with Crippen molar-refractivity contribution in [3.8, 4) is 18.1 Å². The third-order valence-electron chi connectivity index (χ3n) is 3.65. The van der Waals surface area contributed by atoms with Crippen molar-refractivity contribution in [2.75, 3.05) is 6.16 Å². The van der Waals surface area contributed by atoms with E-state index in [4.69, 9.17) is 25.7 Å². The van der Waals surface area contributed by atoms with E-state index < -0.39 is 44.5 Å². The molecule has 0 unspecified atom stereocenters. The van der Waals surface area contributed by atoms with E-state index in [2.05, 4.69) is 5.92 Å². The number of aliphatic hydroxyl groups excluding tert-OH is 3. The van der Waals surface area contributed by atoms with Gasteiger partial charge in [0, 0.05) is 5.56 Å². The molecule has 0 aromatic heterocycles. The summed E-state index contributed by atoms with van der Waals surface area (Å²) in [6.07, 6.45) is -2.47. The van der Waals surface area contributed by atoms with E-state index in [9.17, 15) is 19.9 Å². The Morgan fingerprint density at radius 3 is 2.29 bits per heavy atom. The maximum Gasteiger partial charge on any atom is 0.325 e. The van der Waals surface area contributed by atoms with Gasteiger partial charge in [-0.1, -0.05) is 5.92 Å². The van der Waals surface area contributed by atoms with E-state index in [1.165, 1.54) is 0 Å². The molecule has 8 nitrogen and oxygen atoms in total. The van der Waals surface area contributed by atoms with Gasteiger partial charge in [-0.3, -0.25) is 4.57 Å². The van der Waals surface area contributed by atoms with Crippen LogP contribution < -0.4 is 4.74 Å². The molecule has 0 aliphatic carbocycles. The van der Waals surface area contributed by atoms with Crippen LogP contribution in [-0.4, -0.2) is 62.0 Å². The summed E-state index contributed by atoms with van der Waals surface area (Å²) >= 11 is 0. The highest BCUT2D eigenvalue weighted by Gasteiger charge is 2.45. The Kier molecular flexibility index (Phi) is 6.01. The van der Waals surface area contributed by atoms with Gasteiger partial charge in [-0.15, -0.1) is 6.42 Å². The molecular formula is C15H19O8P. The SMILES string of the molecule is C#Cc1ccc(O[C@H]2O[C@H](CCP(=O)(O)O)[C@@H](O)[C@H](O)[C@@H]2O)cc1. The Morgan fingerprint density at radius 1 is 1.12 bits per heavy atom. The summed E-state index contributed by atoms with van der Waals surface area (Å²) < 4.78 is 21.8. The van der Waals surface area contributed by atoms with Crippen LogP contribution in [-0.2, 0) is 9.30 Å². The fourth-order valence-electron chi connectivity index (χ4n) is 2.31. The Hall–Kier alpha value is -1.43. The number of hydrogen-bond acceptors (Lipinski definition) is 6. The minimum atomic E-state index is -4.28. The van der Waals surface area contributed by atoms with Gasteiger partial charge in [-0.25, -0.2) is 0 Å². The second-order valence-electron chi connectivity index (χ2n) is 5.48. The molecule has 1 aliphatic rings. The second-order valence-corrected chi connectivity index (χ2v) is 7.25. The van der Waals surface area contributed by atoms with Gasteiger partial charge >= 0.3 is 7.60 Å². The monoisotopic (exact) mass is 358 g/mol. The Balaban J connectivity index is 2.07. The first-order chi connectivity index (χ1) is 11.2. The quantitative estimate of drug-likeness (QED) is 0.348. The predicted octanol–water partition coefficient (Wildman–Crippen LogP) is -0.578. The summed E-state index contributed by atoms with van der Waals surface area (Å²) in [6, 6.07) is 6.32. The number of aliphatic hydroxyl groups is 3. The van der Waals surface area contributed by atoms with Crippen LogP contribution in [0.15, 0.2) is 24.3 Å². The minimum absolute atomic E-state index is 0.203. The number of terminal acetylenes is 1. The average Bonchev–Trinajstić information content (AvgIpc) is 2.54. The number of hydrogen-bond donors (Lipinski definition) is 5. The third-order valence-corrected chi connectivity index (χ3v) is 4.49. The molecule has 0 saturated carbocycles. The molecule has 0 amide bonds. The summed E-state index contributed by atoms with van der Waals surface area (Å²) in [4.78, 5) is 17.8. The fraction of sp³-hybridized carbons (Fsp3) is 0.467. The zero-order chi connectivity index (χ0) is 17.9. The topological polar surface area (TPSA) is 137 Å². The highest BCUT2D eigenvalue weighted by molar-refractivity contribution is 7.51. The summed E-state index contributed by atoms with van der Waals surface area (Å²) in [5.74, 6) is 2.75. The summed E-state index contributed by atoms with van der Waals surface area (Å²) in [6.45, 7) is 0. The lowest BCUT2D eigenvalue weighted by Crippen LogP contribution is -2.59. The highest BCUT2D eigenvalue weighted by atomic mass is 31.2. The molecule has 9 heteroatoms. The van der Waals surface area contributed by atoms with Crippen molar-refractivity contribution in [2.24, 2.45) is 0 Å². The van der Waals surface area contributed by atoms with Crippen LogP contribution in [0.1, 0.15) is 12.0 Å². The first-order valence-electron chi connectivity index (χ1n) is 7.19. The molecule has 1 aliphatic heterocycles. The maximum atomic E-state index is 11.0. The van der Waals surface area contributed by atoms with Crippen molar-refractivity contribution < 1.29 is 39.1 Å². The minimum Gasteiger partial charge on any atom is -0.462 e. The maximum absolute atomic E-state index is 11.0. The normalized spacial score (nSPS) is 30.6. The molecule has 5 atom stereocenters. The molecule has 2 rings (SSSR count). The largest absolute Gasteiger partial charge is 0.462 e. The standard InChI is InChI=1S/C15H19O8P/c1-2-9-3-5-10(6-4-9)22-15-14(18)13(17)12(16)11(23-15)7-8-24(19,20)21/h1,3-6,11-18H,7-8H2,(H2,19,20,21)/t11-,12-,13+,14+,15+/m1/s1. The molecule has 0 bridgehead atoms. The van der Waals surface area contributed by atoms with E-state index in [-0.39, 0.29) is 6.42 Å². The fourth-order valence-corrected chi connectivity index (χ4v) is 2.90. The summed E-state index contributed by atoms with van der Waals surface area (Å²) in [7, 11) is -4.28. The van der Waals surface area contributed by atoms with Gasteiger partial charge in [-0.2, -0.15) is 0 Å². The van der Waals surface area contributed by atoms with Gasteiger partial charge in [0.1, 0.15) is 24.1 Å². The Labute approximate surface area is 138 Å². The van der Waals surface area contributed by atoms with E-state index in [0.717, 1.165) is 0 Å². The first-order valence-corrected chi connectivity index (χ1v) is 8.98. The van der Waals surface area contributed by atoms with E-state index in [1.54, 1.807) is 24.3 Å². The van der Waals surface area contributed by atoms with Crippen LogP contribution in [0.2, 0.25) is 0 Å². The van der Waals surface area contributed by atoms with Gasteiger partial charge in [-0.05, 0) is 30.7 Å². The molecule has 0 spiro atoms. The van der Waals surface area contributed by atoms with Crippen LogP contribution in [0.3, 0.4) is 0 Å². The van der Waals surface area contributed by atoms with Crippen LogP contribution in [0.25, 0.3) is 0 Å². The summed E-state index contributed by atoms with van der Waals surface area (Å²) in [5.41, 5.74) is 0.627. The van der Waals surface area contributed by atoms with Gasteiger partial charge in [0.15, 0.2) is 0 Å². The van der Waals surface area contributed by atoms with Crippen molar-refractivity contribution in [3.63, 3.8) is 0 Å². The van der Waals surface area contributed by atoms with Crippen molar-refractivity contribution in [3.05, 3.63) is 29.8 Å². The van der Waals surface area contributed by atoms with Crippen LogP contribution in [0.5, 0.6) is 5.75 Å². The second kappa shape index (κ2) is 7.64. The molecule has 0 radical (unpaired) electrons. The van der Waals surface area contributed by atoms with Crippen LogP contribution in [0.4, 0.5) is 0 Å².